The quantitative estimate of drug-likeness (QED) is 0.884. The molecule has 1 aliphatic heterocycles. The highest BCUT2D eigenvalue weighted by Crippen LogP contribution is 2.24. The minimum Gasteiger partial charge on any atom is -0.337 e. The molecule has 0 saturated carbocycles. The summed E-state index contributed by atoms with van der Waals surface area (Å²) in [6.07, 6.45) is 3.63. The van der Waals surface area contributed by atoms with Gasteiger partial charge in [0.1, 0.15) is 0 Å². The number of anilines is 1. The summed E-state index contributed by atoms with van der Waals surface area (Å²) in [5.74, 6) is 0.0628. The summed E-state index contributed by atoms with van der Waals surface area (Å²) >= 11 is 4.59. The van der Waals surface area contributed by atoms with Crippen LogP contribution in [0.2, 0.25) is 0 Å². The number of nitrogens with one attached hydrogen (secondary N) is 2. The van der Waals surface area contributed by atoms with Crippen LogP contribution in [0.3, 0.4) is 0 Å². The lowest BCUT2D eigenvalue weighted by atomic mass is 10.2. The number of carbonyl (C=O) groups excluding carboxylic acids is 1. The van der Waals surface area contributed by atoms with Crippen LogP contribution in [0, 0.1) is 0 Å². The Kier molecular flexibility index (Phi) is 3.58. The first-order valence-corrected chi connectivity index (χ1v) is 7.33. The third kappa shape index (κ3) is 2.82. The molecule has 7 nitrogen and oxygen atoms in total. The van der Waals surface area contributed by atoms with Crippen molar-refractivity contribution in [3.63, 3.8) is 0 Å². The first kappa shape index (κ1) is 12.7. The van der Waals surface area contributed by atoms with Crippen molar-refractivity contribution >= 4 is 38.3 Å². The van der Waals surface area contributed by atoms with Crippen molar-refractivity contribution in [1.82, 2.24) is 20.4 Å². The van der Waals surface area contributed by atoms with Crippen LogP contribution in [0.5, 0.6) is 0 Å². The SMILES string of the molecule is O=C(Nc1ncc(Br)s1)c1noc(C2CCCN2)n1. The number of hydrogen-bond donors (Lipinski definition) is 2. The molecule has 0 aromatic carbocycles. The average Bonchev–Trinajstić information content (AvgIpc) is 3.08. The van der Waals surface area contributed by atoms with E-state index < -0.39 is 5.91 Å². The van der Waals surface area contributed by atoms with Crippen LogP contribution in [-0.4, -0.2) is 27.6 Å². The molecule has 2 aromatic heterocycles. The number of rotatable bonds is 3. The second-order valence-corrected chi connectivity index (χ2v) is 6.44. The van der Waals surface area contributed by atoms with Crippen molar-refractivity contribution in [3.05, 3.63) is 21.7 Å². The Morgan fingerprint density at radius 3 is 3.21 bits per heavy atom. The molecule has 2 aromatic rings. The van der Waals surface area contributed by atoms with Gasteiger partial charge in [0.05, 0.1) is 16.0 Å². The van der Waals surface area contributed by atoms with Crippen LogP contribution in [0.15, 0.2) is 14.5 Å². The lowest BCUT2D eigenvalue weighted by Gasteiger charge is -2.01. The summed E-state index contributed by atoms with van der Waals surface area (Å²) in [4.78, 5) is 20.0. The molecule has 0 spiro atoms. The van der Waals surface area contributed by atoms with Gasteiger partial charge in [-0.3, -0.25) is 10.1 Å². The number of carbonyl (C=O) groups is 1. The molecule has 0 bridgehead atoms. The van der Waals surface area contributed by atoms with Gasteiger partial charge in [-0.15, -0.1) is 0 Å². The van der Waals surface area contributed by atoms with E-state index in [9.17, 15) is 4.79 Å². The van der Waals surface area contributed by atoms with E-state index in [0.717, 1.165) is 23.2 Å². The highest BCUT2D eigenvalue weighted by atomic mass is 79.9. The molecule has 1 amide bonds. The zero-order chi connectivity index (χ0) is 13.2. The number of nitrogens with zero attached hydrogens (tertiary/aromatic N) is 3. The largest absolute Gasteiger partial charge is 0.337 e. The lowest BCUT2D eigenvalue weighted by Crippen LogP contribution is -2.15. The van der Waals surface area contributed by atoms with Crippen LogP contribution in [0.25, 0.3) is 0 Å². The van der Waals surface area contributed by atoms with Gasteiger partial charge in [0.15, 0.2) is 5.13 Å². The summed E-state index contributed by atoms with van der Waals surface area (Å²) in [5, 5.41) is 10.0. The van der Waals surface area contributed by atoms with E-state index in [0.29, 0.717) is 11.0 Å². The number of hydrogen-bond acceptors (Lipinski definition) is 7. The van der Waals surface area contributed by atoms with Gasteiger partial charge in [-0.25, -0.2) is 4.98 Å². The smallest absolute Gasteiger partial charge is 0.298 e. The second-order valence-electron chi connectivity index (χ2n) is 4.03. The number of halogens is 1. The van der Waals surface area contributed by atoms with Crippen molar-refractivity contribution in [2.45, 2.75) is 18.9 Å². The van der Waals surface area contributed by atoms with E-state index in [1.807, 2.05) is 0 Å². The minimum atomic E-state index is -0.421. The van der Waals surface area contributed by atoms with E-state index in [1.165, 1.54) is 11.3 Å². The van der Waals surface area contributed by atoms with E-state index in [4.69, 9.17) is 4.52 Å². The predicted molar refractivity (Wildman–Crippen MR) is 72.0 cm³/mol. The van der Waals surface area contributed by atoms with E-state index in [-0.39, 0.29) is 11.9 Å². The molecule has 3 rings (SSSR count). The summed E-state index contributed by atoms with van der Waals surface area (Å²) in [6, 6.07) is 0.0584. The van der Waals surface area contributed by atoms with Gasteiger partial charge in [0, 0.05) is 0 Å². The Morgan fingerprint density at radius 1 is 1.63 bits per heavy atom. The number of aromatic nitrogens is 3. The molecule has 0 aliphatic carbocycles. The fourth-order valence-corrected chi connectivity index (χ4v) is 2.93. The maximum Gasteiger partial charge on any atom is 0.298 e. The van der Waals surface area contributed by atoms with E-state index in [1.54, 1.807) is 6.20 Å². The van der Waals surface area contributed by atoms with Gasteiger partial charge < -0.3 is 9.84 Å². The molecule has 1 fully saturated rings. The highest BCUT2D eigenvalue weighted by Gasteiger charge is 2.24. The molecule has 3 heterocycles. The maximum absolute atomic E-state index is 11.9. The standard InChI is InChI=1S/C10H10BrN5O2S/c11-6-4-13-10(19-6)15-8(17)7-14-9(18-16-7)5-2-1-3-12-5/h4-5,12H,1-3H2,(H,13,15,17). The third-order valence-corrected chi connectivity index (χ3v) is 4.09. The third-order valence-electron chi connectivity index (χ3n) is 2.70. The molecule has 1 atom stereocenters. The Balaban J connectivity index is 1.69. The molecule has 1 saturated heterocycles. The molecular formula is C10H10BrN5O2S. The van der Waals surface area contributed by atoms with Crippen LogP contribution < -0.4 is 10.6 Å². The Bertz CT molecular complexity index is 592. The Labute approximate surface area is 120 Å². The first-order valence-electron chi connectivity index (χ1n) is 5.72. The zero-order valence-corrected chi connectivity index (χ0v) is 12.1. The van der Waals surface area contributed by atoms with E-state index in [2.05, 4.69) is 41.7 Å². The lowest BCUT2D eigenvalue weighted by molar-refractivity contribution is 0.101. The monoisotopic (exact) mass is 343 g/mol. The number of thiazole rings is 1. The second kappa shape index (κ2) is 5.35. The fraction of sp³-hybridized carbons (Fsp3) is 0.400. The summed E-state index contributed by atoms with van der Waals surface area (Å²) in [5.41, 5.74) is 0. The van der Waals surface area contributed by atoms with Crippen LogP contribution in [-0.2, 0) is 0 Å². The summed E-state index contributed by atoms with van der Waals surface area (Å²) in [7, 11) is 0. The van der Waals surface area contributed by atoms with Crippen molar-refractivity contribution in [2.24, 2.45) is 0 Å². The van der Waals surface area contributed by atoms with Gasteiger partial charge in [0.2, 0.25) is 5.89 Å². The Morgan fingerprint density at radius 2 is 2.53 bits per heavy atom. The normalized spacial score (nSPS) is 18.7. The van der Waals surface area contributed by atoms with Crippen LogP contribution in [0.1, 0.15) is 35.4 Å². The van der Waals surface area contributed by atoms with Gasteiger partial charge >= 0.3 is 0 Å². The minimum absolute atomic E-state index is 0.0232. The van der Waals surface area contributed by atoms with Crippen molar-refractivity contribution in [1.29, 1.82) is 0 Å². The predicted octanol–water partition coefficient (Wildman–Crippen LogP) is 1.97. The first-order chi connectivity index (χ1) is 9.22. The Hall–Kier alpha value is -1.32. The van der Waals surface area contributed by atoms with Crippen molar-refractivity contribution in [3.8, 4) is 0 Å². The molecule has 0 radical (unpaired) electrons. The number of amides is 1. The van der Waals surface area contributed by atoms with E-state index >= 15 is 0 Å². The zero-order valence-electron chi connectivity index (χ0n) is 9.72. The topological polar surface area (TPSA) is 92.9 Å². The van der Waals surface area contributed by atoms with Gasteiger partial charge in [-0.1, -0.05) is 16.5 Å². The van der Waals surface area contributed by atoms with Gasteiger partial charge in [0.25, 0.3) is 11.7 Å². The fourth-order valence-electron chi connectivity index (χ4n) is 1.83. The van der Waals surface area contributed by atoms with Crippen LogP contribution in [0.4, 0.5) is 5.13 Å². The molecule has 9 heteroatoms. The molecule has 1 unspecified atom stereocenters. The highest BCUT2D eigenvalue weighted by molar-refractivity contribution is 9.11. The molecule has 19 heavy (non-hydrogen) atoms. The van der Waals surface area contributed by atoms with Gasteiger partial charge in [-0.2, -0.15) is 4.98 Å². The summed E-state index contributed by atoms with van der Waals surface area (Å²) < 4.78 is 5.94. The summed E-state index contributed by atoms with van der Waals surface area (Å²) in [6.45, 7) is 0.932. The maximum atomic E-state index is 11.9. The average molecular weight is 344 g/mol. The van der Waals surface area contributed by atoms with Crippen LogP contribution >= 0.6 is 27.3 Å². The van der Waals surface area contributed by atoms with Gasteiger partial charge in [-0.05, 0) is 35.3 Å². The molecular weight excluding hydrogens is 334 g/mol. The molecule has 2 N–H and O–H groups in total. The van der Waals surface area contributed by atoms with Crippen molar-refractivity contribution < 1.29 is 9.32 Å². The molecule has 1 aliphatic rings. The molecule has 100 valence electrons. The van der Waals surface area contributed by atoms with Crippen molar-refractivity contribution in [2.75, 3.05) is 11.9 Å².